The van der Waals surface area contributed by atoms with Crippen LogP contribution in [0.3, 0.4) is 0 Å². The van der Waals surface area contributed by atoms with Crippen molar-refractivity contribution in [1.82, 2.24) is 5.32 Å². The number of carbonyl (C=O) groups excluding carboxylic acids is 1. The van der Waals surface area contributed by atoms with Gasteiger partial charge in [-0.15, -0.1) is 0 Å². The van der Waals surface area contributed by atoms with Gasteiger partial charge in [-0.25, -0.2) is 4.39 Å². The molecule has 2 heterocycles. The molecular formula is C18H16FN3O3. The van der Waals surface area contributed by atoms with Crippen LogP contribution in [0.25, 0.3) is 0 Å². The molecule has 1 amide bonds. The van der Waals surface area contributed by atoms with E-state index >= 15 is 0 Å². The Hall–Kier alpha value is -3.09. The summed E-state index contributed by atoms with van der Waals surface area (Å²) in [4.78, 5) is 14.6. The summed E-state index contributed by atoms with van der Waals surface area (Å²) >= 11 is 0. The molecule has 0 saturated heterocycles. The van der Waals surface area contributed by atoms with Gasteiger partial charge in [0.05, 0.1) is 24.1 Å². The highest BCUT2D eigenvalue weighted by molar-refractivity contribution is 6.13. The maximum Gasteiger partial charge on any atom is 0.255 e. The molecule has 0 saturated carbocycles. The van der Waals surface area contributed by atoms with E-state index in [4.69, 9.17) is 4.74 Å². The van der Waals surface area contributed by atoms with Crippen molar-refractivity contribution in [3.8, 4) is 5.75 Å². The first-order chi connectivity index (χ1) is 12.1. The molecule has 1 atom stereocenters. The zero-order valence-corrected chi connectivity index (χ0v) is 13.5. The van der Waals surface area contributed by atoms with E-state index in [0.717, 1.165) is 16.8 Å². The Kier molecular flexibility index (Phi) is 3.56. The number of para-hydroxylation sites is 1. The predicted octanol–water partition coefficient (Wildman–Crippen LogP) is 2.66. The molecular weight excluding hydrogens is 325 g/mol. The quantitative estimate of drug-likeness (QED) is 0.651. The van der Waals surface area contributed by atoms with Crippen molar-refractivity contribution in [3.63, 3.8) is 0 Å². The summed E-state index contributed by atoms with van der Waals surface area (Å²) in [6.07, 6.45) is 0.0911. The second-order valence-electron chi connectivity index (χ2n) is 5.96. The highest BCUT2D eigenvalue weighted by Crippen LogP contribution is 2.40. The maximum atomic E-state index is 13.7. The van der Waals surface area contributed by atoms with E-state index in [1.165, 1.54) is 13.2 Å². The van der Waals surface area contributed by atoms with Crippen LogP contribution in [0.2, 0.25) is 0 Å². The fourth-order valence-corrected chi connectivity index (χ4v) is 3.49. The summed E-state index contributed by atoms with van der Waals surface area (Å²) in [6.45, 7) is 0.564. The third-order valence-corrected chi connectivity index (χ3v) is 4.66. The molecule has 0 radical (unpaired) electrons. The average Bonchev–Trinajstić information content (AvgIpc) is 2.65. The third kappa shape index (κ3) is 2.31. The van der Waals surface area contributed by atoms with Gasteiger partial charge in [0.15, 0.2) is 11.6 Å². The number of ether oxygens (including phenoxy) is 1. The molecule has 128 valence electrons. The number of methoxy groups -OCH3 is 1. The van der Waals surface area contributed by atoms with Gasteiger partial charge in [-0.05, 0) is 23.8 Å². The van der Waals surface area contributed by atoms with Crippen LogP contribution in [0.15, 0.2) is 41.6 Å². The zero-order chi connectivity index (χ0) is 17.6. The molecule has 0 bridgehead atoms. The van der Waals surface area contributed by atoms with Gasteiger partial charge in [0.1, 0.15) is 6.17 Å². The number of hydrogen-bond acceptors (Lipinski definition) is 5. The fourth-order valence-electron chi connectivity index (χ4n) is 3.49. The van der Waals surface area contributed by atoms with Crippen molar-refractivity contribution < 1.29 is 19.1 Å². The summed E-state index contributed by atoms with van der Waals surface area (Å²) in [5, 5.41) is 15.6. The number of nitrogens with zero attached hydrogens (tertiary/aromatic N) is 2. The second kappa shape index (κ2) is 5.77. The van der Waals surface area contributed by atoms with Crippen molar-refractivity contribution in [1.29, 1.82) is 0 Å². The molecule has 0 aliphatic carbocycles. The summed E-state index contributed by atoms with van der Waals surface area (Å²) in [5.74, 6) is -0.552. The fraction of sp³-hybridized carbons (Fsp3) is 0.222. The molecule has 0 fully saturated rings. The van der Waals surface area contributed by atoms with Crippen LogP contribution in [0.1, 0.15) is 34.1 Å². The van der Waals surface area contributed by atoms with Crippen molar-refractivity contribution in [3.05, 3.63) is 58.9 Å². The Balaban J connectivity index is 1.86. The van der Waals surface area contributed by atoms with E-state index in [1.54, 1.807) is 24.3 Å². The Morgan fingerprint density at radius 3 is 2.88 bits per heavy atom. The number of anilines is 1. The van der Waals surface area contributed by atoms with Gasteiger partial charge in [-0.1, -0.05) is 23.4 Å². The SMILES string of the molecule is COc1cc(C2NC(=O)c3cccc4c3N2CC/C4=N/O)ccc1F. The lowest BCUT2D eigenvalue weighted by molar-refractivity contribution is 0.0926. The van der Waals surface area contributed by atoms with Crippen LogP contribution in [0, 0.1) is 5.82 Å². The Labute approximate surface area is 143 Å². The van der Waals surface area contributed by atoms with Crippen molar-refractivity contribution >= 4 is 17.3 Å². The van der Waals surface area contributed by atoms with E-state index in [2.05, 4.69) is 10.5 Å². The van der Waals surface area contributed by atoms with Crippen LogP contribution in [0.5, 0.6) is 5.75 Å². The van der Waals surface area contributed by atoms with Gasteiger partial charge >= 0.3 is 0 Å². The molecule has 4 rings (SSSR count). The molecule has 0 aromatic heterocycles. The average molecular weight is 341 g/mol. The van der Waals surface area contributed by atoms with Crippen molar-refractivity contribution in [2.24, 2.45) is 5.16 Å². The molecule has 2 aliphatic rings. The molecule has 1 unspecified atom stereocenters. The number of carbonyl (C=O) groups is 1. The summed E-state index contributed by atoms with van der Waals surface area (Å²) in [5.41, 5.74) is 3.28. The smallest absolute Gasteiger partial charge is 0.255 e. The number of oxime groups is 1. The lowest BCUT2D eigenvalue weighted by Crippen LogP contribution is -2.49. The van der Waals surface area contributed by atoms with Crippen LogP contribution < -0.4 is 15.0 Å². The number of benzene rings is 2. The number of amides is 1. The van der Waals surface area contributed by atoms with Gasteiger partial charge in [0.2, 0.25) is 0 Å². The maximum absolute atomic E-state index is 13.7. The van der Waals surface area contributed by atoms with Crippen LogP contribution in [-0.2, 0) is 0 Å². The summed E-state index contributed by atoms with van der Waals surface area (Å²) in [7, 11) is 1.40. The highest BCUT2D eigenvalue weighted by atomic mass is 19.1. The Morgan fingerprint density at radius 2 is 2.12 bits per heavy atom. The van der Waals surface area contributed by atoms with Crippen LogP contribution >= 0.6 is 0 Å². The molecule has 0 spiro atoms. The monoisotopic (exact) mass is 341 g/mol. The topological polar surface area (TPSA) is 74.2 Å². The van der Waals surface area contributed by atoms with Gasteiger partial charge in [0.25, 0.3) is 5.91 Å². The Bertz CT molecular complexity index is 897. The minimum Gasteiger partial charge on any atom is -0.494 e. The lowest BCUT2D eigenvalue weighted by atomic mass is 9.92. The molecule has 7 heteroatoms. The first kappa shape index (κ1) is 15.4. The van der Waals surface area contributed by atoms with Crippen molar-refractivity contribution in [2.45, 2.75) is 12.6 Å². The highest BCUT2D eigenvalue weighted by Gasteiger charge is 2.37. The number of hydrogen-bond donors (Lipinski definition) is 2. The van der Waals surface area contributed by atoms with Crippen LogP contribution in [-0.4, -0.2) is 30.5 Å². The molecule has 6 nitrogen and oxygen atoms in total. The van der Waals surface area contributed by atoms with E-state index in [1.807, 2.05) is 11.0 Å². The summed E-state index contributed by atoms with van der Waals surface area (Å²) < 4.78 is 18.8. The molecule has 25 heavy (non-hydrogen) atoms. The largest absolute Gasteiger partial charge is 0.494 e. The van der Waals surface area contributed by atoms with Gasteiger partial charge in [0, 0.05) is 18.5 Å². The third-order valence-electron chi connectivity index (χ3n) is 4.66. The van der Waals surface area contributed by atoms with E-state index in [0.29, 0.717) is 24.2 Å². The lowest BCUT2D eigenvalue weighted by Gasteiger charge is -2.42. The number of rotatable bonds is 2. The second-order valence-corrected chi connectivity index (χ2v) is 5.96. The minimum absolute atomic E-state index is 0.125. The van der Waals surface area contributed by atoms with Crippen molar-refractivity contribution in [2.75, 3.05) is 18.6 Å². The zero-order valence-electron chi connectivity index (χ0n) is 13.5. The molecule has 2 N–H and O–H groups in total. The normalized spacial score (nSPS) is 20.2. The van der Waals surface area contributed by atoms with E-state index in [9.17, 15) is 14.4 Å². The minimum atomic E-state index is -0.456. The molecule has 2 aromatic rings. The van der Waals surface area contributed by atoms with E-state index in [-0.39, 0.29) is 11.7 Å². The molecule has 2 aromatic carbocycles. The first-order valence-electron chi connectivity index (χ1n) is 7.89. The van der Waals surface area contributed by atoms with Gasteiger partial charge in [-0.2, -0.15) is 0 Å². The predicted molar refractivity (Wildman–Crippen MR) is 89.9 cm³/mol. The Morgan fingerprint density at radius 1 is 1.32 bits per heavy atom. The standard InChI is InChI=1S/C18H16FN3O3/c1-25-15-9-10(5-6-13(15)19)17-20-18(23)12-4-2-3-11-14(21-24)7-8-22(17)16(11)12/h2-6,9,17,24H,7-8H2,1H3,(H,20,23)/b21-14-. The van der Waals surface area contributed by atoms with E-state index < -0.39 is 12.0 Å². The number of nitrogens with one attached hydrogen (secondary N) is 1. The van der Waals surface area contributed by atoms with Gasteiger partial charge < -0.3 is 20.2 Å². The summed E-state index contributed by atoms with van der Waals surface area (Å²) in [6, 6.07) is 9.88. The molecule has 2 aliphatic heterocycles. The van der Waals surface area contributed by atoms with Crippen LogP contribution in [0.4, 0.5) is 10.1 Å². The number of halogens is 1. The van der Waals surface area contributed by atoms with Gasteiger partial charge in [-0.3, -0.25) is 4.79 Å². The first-order valence-corrected chi connectivity index (χ1v) is 7.89.